The van der Waals surface area contributed by atoms with Crippen molar-refractivity contribution < 1.29 is 4.65 Å². The van der Waals surface area contributed by atoms with Gasteiger partial charge < -0.3 is 9.47 Å². The molecule has 2 saturated heterocycles. The first-order valence-electron chi connectivity index (χ1n) is 8.30. The van der Waals surface area contributed by atoms with Crippen LogP contribution in [-0.2, 0) is 10.3 Å². The number of benzene rings is 2. The summed E-state index contributed by atoms with van der Waals surface area (Å²) in [6, 6.07) is 22.5. The van der Waals surface area contributed by atoms with Crippen molar-refractivity contribution in [2.75, 3.05) is 0 Å². The first-order valence-corrected chi connectivity index (χ1v) is 8.30. The zero-order chi connectivity index (χ0) is 15.2. The Morgan fingerprint density at radius 3 is 2.05 bits per heavy atom. The van der Waals surface area contributed by atoms with Crippen molar-refractivity contribution >= 4 is 7.05 Å². The lowest BCUT2D eigenvalue weighted by atomic mass is 9.79. The summed E-state index contributed by atoms with van der Waals surface area (Å²) in [5, 5.41) is 0. The molecule has 2 aromatic carbocycles. The summed E-state index contributed by atoms with van der Waals surface area (Å²) in [6.07, 6.45) is 2.44. The van der Waals surface area contributed by atoms with Crippen molar-refractivity contribution in [3.8, 4) is 0 Å². The van der Waals surface area contributed by atoms with Gasteiger partial charge in [-0.25, -0.2) is 0 Å². The molecule has 2 heterocycles. The molecule has 2 aliphatic rings. The van der Waals surface area contributed by atoms with E-state index < -0.39 is 0 Å². The quantitative estimate of drug-likeness (QED) is 0.777. The molecule has 1 unspecified atom stereocenters. The van der Waals surface area contributed by atoms with Gasteiger partial charge in [0, 0.05) is 6.04 Å². The molecule has 2 aliphatic heterocycles. The largest absolute Gasteiger partial charge is 0.406 e. The fraction of sp³-hybridized carbons (Fsp3) is 0.368. The fourth-order valence-corrected chi connectivity index (χ4v) is 4.50. The molecule has 0 aromatic heterocycles. The third-order valence-corrected chi connectivity index (χ3v) is 5.38. The summed E-state index contributed by atoms with van der Waals surface area (Å²) >= 11 is 0. The Balaban J connectivity index is 1.91. The van der Waals surface area contributed by atoms with Crippen LogP contribution in [0.5, 0.6) is 0 Å². The number of hydrogen-bond acceptors (Lipinski definition) is 2. The van der Waals surface area contributed by atoms with Gasteiger partial charge in [0.25, 0.3) is 0 Å². The summed E-state index contributed by atoms with van der Waals surface area (Å²) in [6.45, 7) is 4.52. The van der Waals surface area contributed by atoms with Gasteiger partial charge >= 0.3 is 7.05 Å². The molecule has 112 valence electrons. The van der Waals surface area contributed by atoms with E-state index in [1.54, 1.807) is 0 Å². The van der Waals surface area contributed by atoms with E-state index in [0.29, 0.717) is 12.1 Å². The third-order valence-electron chi connectivity index (χ3n) is 5.38. The topological polar surface area (TPSA) is 12.5 Å². The molecule has 0 spiro atoms. The normalized spacial score (nSPS) is 27.1. The lowest BCUT2D eigenvalue weighted by molar-refractivity contribution is 0.104. The van der Waals surface area contributed by atoms with Gasteiger partial charge in [-0.2, -0.15) is 0 Å². The van der Waals surface area contributed by atoms with Crippen LogP contribution in [0.15, 0.2) is 60.7 Å². The van der Waals surface area contributed by atoms with Gasteiger partial charge in [0.1, 0.15) is 5.60 Å². The molecular formula is C19H22BNO. The highest BCUT2D eigenvalue weighted by molar-refractivity contribution is 6.48. The molecule has 0 bridgehead atoms. The Labute approximate surface area is 133 Å². The zero-order valence-electron chi connectivity index (χ0n) is 13.3. The van der Waals surface area contributed by atoms with Crippen LogP contribution in [0.1, 0.15) is 30.9 Å². The van der Waals surface area contributed by atoms with Crippen LogP contribution in [0, 0.1) is 0 Å². The maximum absolute atomic E-state index is 6.68. The van der Waals surface area contributed by atoms with Gasteiger partial charge in [-0.05, 0) is 36.8 Å². The Morgan fingerprint density at radius 2 is 1.50 bits per heavy atom. The minimum absolute atomic E-state index is 0.155. The van der Waals surface area contributed by atoms with Gasteiger partial charge in [0.15, 0.2) is 0 Å². The molecule has 2 atom stereocenters. The van der Waals surface area contributed by atoms with Crippen LogP contribution >= 0.6 is 0 Å². The molecule has 0 amide bonds. The minimum atomic E-state index is -0.341. The maximum atomic E-state index is 6.68. The highest BCUT2D eigenvalue weighted by atomic mass is 16.5. The van der Waals surface area contributed by atoms with Crippen molar-refractivity contribution in [3.63, 3.8) is 0 Å². The van der Waals surface area contributed by atoms with E-state index in [9.17, 15) is 0 Å². The fourth-order valence-electron chi connectivity index (χ4n) is 4.50. The number of rotatable bonds is 2. The zero-order valence-corrected chi connectivity index (χ0v) is 13.3. The van der Waals surface area contributed by atoms with E-state index in [0.717, 1.165) is 0 Å². The van der Waals surface area contributed by atoms with Gasteiger partial charge in [0.05, 0.1) is 0 Å². The third kappa shape index (κ3) is 1.89. The predicted octanol–water partition coefficient (Wildman–Crippen LogP) is 3.93. The standard InChI is InChI=1S/C19H22BNO/c1-15-13-14-18-19(22-20(2)21(15)18,16-9-5-3-6-10-16)17-11-7-4-8-12-17/h3-12,15,18H,13-14H2,1-2H3/t15?,18-/m1/s1. The average molecular weight is 291 g/mol. The van der Waals surface area contributed by atoms with E-state index in [1.807, 2.05) is 0 Å². The summed E-state index contributed by atoms with van der Waals surface area (Å²) < 4.78 is 6.68. The van der Waals surface area contributed by atoms with Crippen molar-refractivity contribution in [2.45, 2.75) is 44.3 Å². The molecule has 22 heavy (non-hydrogen) atoms. The molecule has 2 aromatic rings. The average Bonchev–Trinajstić information content (AvgIpc) is 3.09. The summed E-state index contributed by atoms with van der Waals surface area (Å²) in [5.74, 6) is 0. The number of nitrogens with zero attached hydrogens (tertiary/aromatic N) is 1. The molecule has 4 rings (SSSR count). The van der Waals surface area contributed by atoms with E-state index in [1.165, 1.54) is 24.0 Å². The lowest BCUT2D eigenvalue weighted by Crippen LogP contribution is -2.43. The van der Waals surface area contributed by atoms with Gasteiger partial charge in [-0.1, -0.05) is 67.6 Å². The number of fused-ring (bicyclic) bond motifs is 1. The van der Waals surface area contributed by atoms with Crippen LogP contribution in [0.25, 0.3) is 0 Å². The maximum Gasteiger partial charge on any atom is 0.380 e. The van der Waals surface area contributed by atoms with Gasteiger partial charge in [-0.3, -0.25) is 0 Å². The second kappa shape index (κ2) is 5.25. The van der Waals surface area contributed by atoms with Gasteiger partial charge in [0.2, 0.25) is 0 Å². The smallest absolute Gasteiger partial charge is 0.380 e. The van der Waals surface area contributed by atoms with E-state index >= 15 is 0 Å². The highest BCUT2D eigenvalue weighted by Gasteiger charge is 2.58. The van der Waals surface area contributed by atoms with E-state index in [2.05, 4.69) is 79.2 Å². The molecule has 0 saturated carbocycles. The monoisotopic (exact) mass is 291 g/mol. The molecule has 0 radical (unpaired) electrons. The number of hydrogen-bond donors (Lipinski definition) is 0. The van der Waals surface area contributed by atoms with E-state index in [-0.39, 0.29) is 12.7 Å². The van der Waals surface area contributed by atoms with Crippen LogP contribution in [0.3, 0.4) is 0 Å². The molecule has 3 heteroatoms. The second-order valence-corrected chi connectivity index (χ2v) is 6.57. The van der Waals surface area contributed by atoms with Crippen LogP contribution in [0.4, 0.5) is 0 Å². The highest BCUT2D eigenvalue weighted by Crippen LogP contribution is 2.50. The Hall–Kier alpha value is -1.58. The van der Waals surface area contributed by atoms with Crippen molar-refractivity contribution in [1.29, 1.82) is 0 Å². The molecule has 2 fully saturated rings. The Morgan fingerprint density at radius 1 is 0.955 bits per heavy atom. The summed E-state index contributed by atoms with van der Waals surface area (Å²) in [5.41, 5.74) is 2.21. The van der Waals surface area contributed by atoms with Crippen molar-refractivity contribution in [3.05, 3.63) is 71.8 Å². The summed E-state index contributed by atoms with van der Waals surface area (Å²) in [7, 11) is 0.155. The Bertz CT molecular complexity index is 605. The van der Waals surface area contributed by atoms with Crippen LogP contribution < -0.4 is 0 Å². The lowest BCUT2D eigenvalue weighted by Gasteiger charge is -2.36. The van der Waals surface area contributed by atoms with Crippen LogP contribution in [-0.4, -0.2) is 23.9 Å². The van der Waals surface area contributed by atoms with Gasteiger partial charge in [-0.15, -0.1) is 0 Å². The van der Waals surface area contributed by atoms with E-state index in [4.69, 9.17) is 4.65 Å². The first kappa shape index (κ1) is 14.0. The summed E-state index contributed by atoms with van der Waals surface area (Å²) in [4.78, 5) is 2.57. The van der Waals surface area contributed by atoms with Crippen LogP contribution in [0.2, 0.25) is 6.82 Å². The van der Waals surface area contributed by atoms with Crippen molar-refractivity contribution in [1.82, 2.24) is 4.81 Å². The molecule has 0 aliphatic carbocycles. The predicted molar refractivity (Wildman–Crippen MR) is 90.7 cm³/mol. The Kier molecular flexibility index (Phi) is 3.35. The minimum Gasteiger partial charge on any atom is -0.406 e. The molecular weight excluding hydrogens is 269 g/mol. The molecule has 0 N–H and O–H groups in total. The van der Waals surface area contributed by atoms with Crippen molar-refractivity contribution in [2.24, 2.45) is 0 Å². The second-order valence-electron chi connectivity index (χ2n) is 6.57. The first-order chi connectivity index (χ1) is 10.7. The molecule has 2 nitrogen and oxygen atoms in total. The SMILES string of the molecule is CB1OC(c2ccccc2)(c2ccccc2)[C@H]2CCC(C)N12.